The van der Waals surface area contributed by atoms with Crippen molar-refractivity contribution in [3.63, 3.8) is 0 Å². The summed E-state index contributed by atoms with van der Waals surface area (Å²) >= 11 is 0. The van der Waals surface area contributed by atoms with Gasteiger partial charge in [-0.2, -0.15) is 0 Å². The molecule has 1 unspecified atom stereocenters. The highest BCUT2D eigenvalue weighted by atomic mass is 16.5. The minimum atomic E-state index is -0.638. The van der Waals surface area contributed by atoms with E-state index in [1.165, 1.54) is 0 Å². The van der Waals surface area contributed by atoms with Crippen LogP contribution in [0.5, 0.6) is 5.75 Å². The molecule has 1 atom stereocenters. The van der Waals surface area contributed by atoms with Crippen molar-refractivity contribution in [2.45, 2.75) is 26.4 Å². The number of aryl methyl sites for hydroxylation is 1. The van der Waals surface area contributed by atoms with E-state index in [0.717, 1.165) is 49.7 Å². The molecule has 0 spiro atoms. The van der Waals surface area contributed by atoms with Crippen LogP contribution in [0.25, 0.3) is 0 Å². The second kappa shape index (κ2) is 11.5. The second-order valence-corrected chi connectivity index (χ2v) is 7.73. The molecule has 1 heterocycles. The van der Waals surface area contributed by atoms with Gasteiger partial charge in [0.2, 0.25) is 5.91 Å². The lowest BCUT2D eigenvalue weighted by atomic mass is 10.1. The molecule has 31 heavy (non-hydrogen) atoms. The third-order valence-electron chi connectivity index (χ3n) is 5.17. The minimum Gasteiger partial charge on any atom is -0.492 e. The van der Waals surface area contributed by atoms with Crippen molar-refractivity contribution < 1.29 is 19.1 Å². The van der Waals surface area contributed by atoms with Gasteiger partial charge < -0.3 is 20.1 Å². The number of nitrogens with one attached hydrogen (secondary N) is 2. The van der Waals surface area contributed by atoms with Gasteiger partial charge >= 0.3 is 0 Å². The molecule has 7 nitrogen and oxygen atoms in total. The number of amides is 2. The molecular weight excluding hydrogens is 394 g/mol. The summed E-state index contributed by atoms with van der Waals surface area (Å²) in [7, 11) is 0. The van der Waals surface area contributed by atoms with Gasteiger partial charge in [-0.1, -0.05) is 29.8 Å². The van der Waals surface area contributed by atoms with Crippen LogP contribution in [0.4, 0.5) is 0 Å². The van der Waals surface area contributed by atoms with E-state index in [1.807, 2.05) is 43.3 Å². The van der Waals surface area contributed by atoms with Crippen molar-refractivity contribution in [2.75, 3.05) is 39.5 Å². The Hall–Kier alpha value is -2.90. The van der Waals surface area contributed by atoms with Crippen LogP contribution in [0.15, 0.2) is 48.5 Å². The molecule has 0 radical (unpaired) electrons. The minimum absolute atomic E-state index is 0.236. The number of carbonyl (C=O) groups is 2. The van der Waals surface area contributed by atoms with E-state index < -0.39 is 6.04 Å². The molecule has 2 aromatic rings. The zero-order valence-electron chi connectivity index (χ0n) is 18.2. The summed E-state index contributed by atoms with van der Waals surface area (Å²) in [6.45, 7) is 8.87. The van der Waals surface area contributed by atoms with Crippen molar-refractivity contribution >= 4 is 11.8 Å². The van der Waals surface area contributed by atoms with Gasteiger partial charge in [0, 0.05) is 31.7 Å². The quantitative estimate of drug-likeness (QED) is 0.644. The molecule has 1 fully saturated rings. The number of benzene rings is 2. The maximum atomic E-state index is 12.4. The van der Waals surface area contributed by atoms with Gasteiger partial charge in [-0.05, 0) is 43.7 Å². The molecule has 2 amide bonds. The van der Waals surface area contributed by atoms with Crippen molar-refractivity contribution in [3.8, 4) is 5.75 Å². The Bertz CT molecular complexity index is 881. The van der Waals surface area contributed by atoms with Gasteiger partial charge in [0.25, 0.3) is 5.91 Å². The van der Waals surface area contributed by atoms with Crippen molar-refractivity contribution in [1.82, 2.24) is 15.5 Å². The number of carbonyl (C=O) groups excluding carboxylic acids is 2. The Balaban J connectivity index is 1.42. The van der Waals surface area contributed by atoms with E-state index in [4.69, 9.17) is 9.47 Å². The van der Waals surface area contributed by atoms with Crippen LogP contribution in [-0.2, 0) is 16.1 Å². The predicted molar refractivity (Wildman–Crippen MR) is 119 cm³/mol. The second-order valence-electron chi connectivity index (χ2n) is 7.73. The SMILES string of the molecule is Cc1cccc(C(=O)NC(C)C(=O)NCc2cccc(OCCN3CCOCC3)c2)c1. The third kappa shape index (κ3) is 7.38. The summed E-state index contributed by atoms with van der Waals surface area (Å²) in [5.41, 5.74) is 2.48. The van der Waals surface area contributed by atoms with Gasteiger partial charge in [0.1, 0.15) is 18.4 Å². The summed E-state index contributed by atoms with van der Waals surface area (Å²) in [6, 6.07) is 14.3. The van der Waals surface area contributed by atoms with Gasteiger partial charge in [-0.3, -0.25) is 14.5 Å². The molecule has 166 valence electrons. The highest BCUT2D eigenvalue weighted by Crippen LogP contribution is 2.13. The molecule has 1 saturated heterocycles. The normalized spacial score (nSPS) is 15.2. The Labute approximate surface area is 183 Å². The molecule has 1 aliphatic heterocycles. The summed E-state index contributed by atoms with van der Waals surface area (Å²) in [5, 5.41) is 5.61. The Morgan fingerprint density at radius 3 is 2.68 bits per heavy atom. The lowest BCUT2D eigenvalue weighted by Crippen LogP contribution is -2.44. The van der Waals surface area contributed by atoms with Crippen LogP contribution >= 0.6 is 0 Å². The lowest BCUT2D eigenvalue weighted by Gasteiger charge is -2.26. The zero-order valence-corrected chi connectivity index (χ0v) is 18.2. The van der Waals surface area contributed by atoms with E-state index >= 15 is 0 Å². The summed E-state index contributed by atoms with van der Waals surface area (Å²) < 4.78 is 11.2. The highest BCUT2D eigenvalue weighted by molar-refractivity contribution is 5.97. The first kappa shape index (κ1) is 22.8. The largest absolute Gasteiger partial charge is 0.492 e. The van der Waals surface area contributed by atoms with E-state index in [2.05, 4.69) is 15.5 Å². The Morgan fingerprint density at radius 2 is 1.90 bits per heavy atom. The van der Waals surface area contributed by atoms with Gasteiger partial charge in [0.05, 0.1) is 13.2 Å². The summed E-state index contributed by atoms with van der Waals surface area (Å²) in [6.07, 6.45) is 0. The maximum Gasteiger partial charge on any atom is 0.251 e. The number of hydrogen-bond donors (Lipinski definition) is 2. The molecule has 0 aromatic heterocycles. The van der Waals surface area contributed by atoms with Crippen LogP contribution in [0.2, 0.25) is 0 Å². The fourth-order valence-electron chi connectivity index (χ4n) is 3.34. The number of morpholine rings is 1. The molecule has 1 aliphatic rings. The monoisotopic (exact) mass is 425 g/mol. The highest BCUT2D eigenvalue weighted by Gasteiger charge is 2.16. The average molecular weight is 426 g/mol. The van der Waals surface area contributed by atoms with Gasteiger partial charge in [-0.15, -0.1) is 0 Å². The van der Waals surface area contributed by atoms with Crippen molar-refractivity contribution in [1.29, 1.82) is 0 Å². The first-order valence-electron chi connectivity index (χ1n) is 10.7. The number of nitrogens with zero attached hydrogens (tertiary/aromatic N) is 1. The molecular formula is C24H31N3O4. The van der Waals surface area contributed by atoms with Crippen LogP contribution < -0.4 is 15.4 Å². The first-order valence-corrected chi connectivity index (χ1v) is 10.7. The summed E-state index contributed by atoms with van der Waals surface area (Å²) in [4.78, 5) is 27.1. The smallest absolute Gasteiger partial charge is 0.251 e. The zero-order chi connectivity index (χ0) is 22.1. The molecule has 0 saturated carbocycles. The number of ether oxygens (including phenoxy) is 2. The molecule has 2 N–H and O–H groups in total. The van der Waals surface area contributed by atoms with Gasteiger partial charge in [0.15, 0.2) is 0 Å². The first-order chi connectivity index (χ1) is 15.0. The van der Waals surface area contributed by atoms with Crippen molar-refractivity contribution in [3.05, 3.63) is 65.2 Å². The summed E-state index contributed by atoms with van der Waals surface area (Å²) in [5.74, 6) is 0.280. The maximum absolute atomic E-state index is 12.4. The Morgan fingerprint density at radius 1 is 1.13 bits per heavy atom. The van der Waals surface area contributed by atoms with Gasteiger partial charge in [-0.25, -0.2) is 0 Å². The molecule has 2 aromatic carbocycles. The number of hydrogen-bond acceptors (Lipinski definition) is 5. The van der Waals surface area contributed by atoms with E-state index in [1.54, 1.807) is 19.1 Å². The fourth-order valence-corrected chi connectivity index (χ4v) is 3.34. The standard InChI is InChI=1S/C24H31N3O4/c1-18-5-3-7-21(15-18)24(29)26-19(2)23(28)25-17-20-6-4-8-22(16-20)31-14-11-27-9-12-30-13-10-27/h3-8,15-16,19H,9-14,17H2,1-2H3,(H,25,28)(H,26,29). The fraction of sp³-hybridized carbons (Fsp3) is 0.417. The van der Waals surface area contributed by atoms with Crippen molar-refractivity contribution in [2.24, 2.45) is 0 Å². The van der Waals surface area contributed by atoms with E-state index in [9.17, 15) is 9.59 Å². The van der Waals surface area contributed by atoms with Crippen LogP contribution in [-0.4, -0.2) is 62.2 Å². The Kier molecular flexibility index (Phi) is 8.44. The molecule has 0 bridgehead atoms. The molecule has 3 rings (SSSR count). The van der Waals surface area contributed by atoms with E-state index in [0.29, 0.717) is 18.7 Å². The average Bonchev–Trinajstić information content (AvgIpc) is 2.78. The third-order valence-corrected chi connectivity index (χ3v) is 5.17. The number of rotatable bonds is 9. The predicted octanol–water partition coefficient (Wildman–Crippen LogP) is 2.14. The van der Waals surface area contributed by atoms with Crippen LogP contribution in [0.1, 0.15) is 28.4 Å². The lowest BCUT2D eigenvalue weighted by molar-refractivity contribution is -0.122. The topological polar surface area (TPSA) is 79.9 Å². The van der Waals surface area contributed by atoms with Crippen LogP contribution in [0.3, 0.4) is 0 Å². The molecule has 0 aliphatic carbocycles. The van der Waals surface area contributed by atoms with E-state index in [-0.39, 0.29) is 11.8 Å². The van der Waals surface area contributed by atoms with Crippen LogP contribution in [0, 0.1) is 6.92 Å². The molecule has 7 heteroatoms.